The molecular formula is C4H7Br3O. The van der Waals surface area contributed by atoms with Crippen LogP contribution in [0.5, 0.6) is 0 Å². The number of rotatable bonds is 2. The Morgan fingerprint density at radius 2 is 2.00 bits per heavy atom. The molecule has 0 saturated heterocycles. The summed E-state index contributed by atoms with van der Waals surface area (Å²) in [7, 11) is 0. The molecule has 8 heavy (non-hydrogen) atoms. The van der Waals surface area contributed by atoms with E-state index in [1.807, 2.05) is 0 Å². The maximum Gasteiger partial charge on any atom is 0.0989 e. The van der Waals surface area contributed by atoms with E-state index in [1.54, 1.807) is 6.92 Å². The summed E-state index contributed by atoms with van der Waals surface area (Å²) in [5.74, 6) is 0. The quantitative estimate of drug-likeness (QED) is 0.776. The van der Waals surface area contributed by atoms with E-state index in [9.17, 15) is 5.11 Å². The van der Waals surface area contributed by atoms with Gasteiger partial charge in [0.05, 0.1) is 9.34 Å². The van der Waals surface area contributed by atoms with Gasteiger partial charge in [-0.15, -0.1) is 0 Å². The summed E-state index contributed by atoms with van der Waals surface area (Å²) in [4.78, 5) is 0. The fourth-order valence-corrected chi connectivity index (χ4v) is 1.57. The molecule has 0 spiro atoms. The standard InChI is InChI=1S/C4H7Br3O/c1-4(8,2-5)3(6)7/h3,8H,2H2,1H3. The number of halogens is 3. The summed E-state index contributed by atoms with van der Waals surface area (Å²) in [5.41, 5.74) is -0.708. The molecule has 4 heteroatoms. The van der Waals surface area contributed by atoms with Crippen LogP contribution in [0.25, 0.3) is 0 Å². The fourth-order valence-electron chi connectivity index (χ4n) is 0.0583. The van der Waals surface area contributed by atoms with Gasteiger partial charge in [0, 0.05) is 5.33 Å². The van der Waals surface area contributed by atoms with Gasteiger partial charge in [-0.3, -0.25) is 0 Å². The first-order valence-electron chi connectivity index (χ1n) is 2.07. The van der Waals surface area contributed by atoms with Gasteiger partial charge in [0.25, 0.3) is 0 Å². The Morgan fingerprint density at radius 3 is 2.00 bits per heavy atom. The van der Waals surface area contributed by atoms with E-state index < -0.39 is 5.60 Å². The maximum atomic E-state index is 9.26. The van der Waals surface area contributed by atoms with Crippen LogP contribution in [-0.4, -0.2) is 19.8 Å². The molecule has 0 radical (unpaired) electrons. The molecule has 0 aliphatic carbocycles. The molecule has 0 bridgehead atoms. The molecule has 0 saturated carbocycles. The van der Waals surface area contributed by atoms with Crippen molar-refractivity contribution in [1.29, 1.82) is 0 Å². The predicted molar refractivity (Wildman–Crippen MR) is 46.1 cm³/mol. The average Bonchev–Trinajstić information content (AvgIpc) is 1.67. The molecule has 0 heterocycles. The zero-order chi connectivity index (χ0) is 6.78. The van der Waals surface area contributed by atoms with Gasteiger partial charge in [0.2, 0.25) is 0 Å². The van der Waals surface area contributed by atoms with E-state index in [0.29, 0.717) is 5.33 Å². The first-order valence-corrected chi connectivity index (χ1v) is 5.02. The smallest absolute Gasteiger partial charge is 0.0989 e. The van der Waals surface area contributed by atoms with Gasteiger partial charge in [-0.05, 0) is 6.92 Å². The van der Waals surface area contributed by atoms with Crippen LogP contribution in [0.3, 0.4) is 0 Å². The normalized spacial score (nSPS) is 18.8. The highest BCUT2D eigenvalue weighted by atomic mass is 79.9. The van der Waals surface area contributed by atoms with Crippen LogP contribution in [0.1, 0.15) is 6.92 Å². The Hall–Kier alpha value is 1.40. The van der Waals surface area contributed by atoms with Crippen molar-refractivity contribution < 1.29 is 5.11 Å². The zero-order valence-corrected chi connectivity index (χ0v) is 9.12. The fraction of sp³-hybridized carbons (Fsp3) is 1.00. The lowest BCUT2D eigenvalue weighted by molar-refractivity contribution is 0.108. The minimum atomic E-state index is -0.708. The van der Waals surface area contributed by atoms with Crippen molar-refractivity contribution in [2.24, 2.45) is 0 Å². The van der Waals surface area contributed by atoms with E-state index in [2.05, 4.69) is 47.8 Å². The van der Waals surface area contributed by atoms with Crippen molar-refractivity contribution in [2.75, 3.05) is 5.33 Å². The number of alkyl halides is 3. The second-order valence-electron chi connectivity index (χ2n) is 1.79. The molecule has 1 atom stereocenters. The first-order chi connectivity index (χ1) is 3.50. The Kier molecular flexibility index (Phi) is 4.16. The largest absolute Gasteiger partial charge is 0.387 e. The van der Waals surface area contributed by atoms with Gasteiger partial charge in [-0.1, -0.05) is 47.8 Å². The molecule has 1 N–H and O–H groups in total. The summed E-state index contributed by atoms with van der Waals surface area (Å²) in [6, 6.07) is 0. The summed E-state index contributed by atoms with van der Waals surface area (Å²) < 4.78 is -0.0538. The van der Waals surface area contributed by atoms with Crippen LogP contribution in [0.15, 0.2) is 0 Å². The van der Waals surface area contributed by atoms with Crippen LogP contribution >= 0.6 is 47.8 Å². The van der Waals surface area contributed by atoms with Crippen LogP contribution in [-0.2, 0) is 0 Å². The summed E-state index contributed by atoms with van der Waals surface area (Å²) in [6.45, 7) is 1.73. The number of aliphatic hydroxyl groups is 1. The molecule has 0 aliphatic heterocycles. The minimum absolute atomic E-state index is 0.0538. The molecular weight excluding hydrogens is 304 g/mol. The van der Waals surface area contributed by atoms with Gasteiger partial charge < -0.3 is 5.11 Å². The Morgan fingerprint density at radius 1 is 1.62 bits per heavy atom. The van der Waals surface area contributed by atoms with Crippen molar-refractivity contribution in [1.82, 2.24) is 0 Å². The van der Waals surface area contributed by atoms with Crippen LogP contribution < -0.4 is 0 Å². The van der Waals surface area contributed by atoms with E-state index in [4.69, 9.17) is 0 Å². The van der Waals surface area contributed by atoms with Crippen molar-refractivity contribution >= 4 is 47.8 Å². The molecule has 0 aromatic rings. The van der Waals surface area contributed by atoms with Crippen molar-refractivity contribution in [2.45, 2.75) is 16.3 Å². The van der Waals surface area contributed by atoms with E-state index >= 15 is 0 Å². The van der Waals surface area contributed by atoms with E-state index in [-0.39, 0.29) is 3.74 Å². The third-order valence-corrected chi connectivity index (χ3v) is 3.85. The summed E-state index contributed by atoms with van der Waals surface area (Å²) in [5, 5.41) is 9.82. The number of hydrogen-bond acceptors (Lipinski definition) is 1. The van der Waals surface area contributed by atoms with Gasteiger partial charge in [0.15, 0.2) is 0 Å². The number of hydrogen-bond donors (Lipinski definition) is 1. The average molecular weight is 311 g/mol. The lowest BCUT2D eigenvalue weighted by Crippen LogP contribution is -2.32. The molecule has 1 nitrogen and oxygen atoms in total. The lowest BCUT2D eigenvalue weighted by Gasteiger charge is -2.21. The van der Waals surface area contributed by atoms with Crippen molar-refractivity contribution in [3.8, 4) is 0 Å². The SMILES string of the molecule is CC(O)(CBr)C(Br)Br. The van der Waals surface area contributed by atoms with Crippen LogP contribution in [0.2, 0.25) is 0 Å². The Labute approximate surface area is 74.2 Å². The first kappa shape index (κ1) is 9.40. The van der Waals surface area contributed by atoms with E-state index in [1.165, 1.54) is 0 Å². The molecule has 50 valence electrons. The highest BCUT2D eigenvalue weighted by Crippen LogP contribution is 2.24. The highest BCUT2D eigenvalue weighted by molar-refractivity contribution is 9.24. The monoisotopic (exact) mass is 308 g/mol. The molecule has 0 aromatic carbocycles. The van der Waals surface area contributed by atoms with Crippen molar-refractivity contribution in [3.05, 3.63) is 0 Å². The topological polar surface area (TPSA) is 20.2 Å². The maximum absolute atomic E-state index is 9.26. The second-order valence-corrected chi connectivity index (χ2v) is 5.41. The zero-order valence-electron chi connectivity index (χ0n) is 4.37. The molecule has 0 aromatic heterocycles. The molecule has 0 amide bonds. The van der Waals surface area contributed by atoms with Crippen LogP contribution in [0.4, 0.5) is 0 Å². The second kappa shape index (κ2) is 3.54. The van der Waals surface area contributed by atoms with Gasteiger partial charge in [-0.25, -0.2) is 0 Å². The van der Waals surface area contributed by atoms with E-state index in [0.717, 1.165) is 0 Å². The van der Waals surface area contributed by atoms with Crippen LogP contribution in [0, 0.1) is 0 Å². The minimum Gasteiger partial charge on any atom is -0.387 e. The lowest BCUT2D eigenvalue weighted by atomic mass is 10.2. The third-order valence-electron chi connectivity index (χ3n) is 0.741. The Bertz CT molecular complexity index is 71.7. The highest BCUT2D eigenvalue weighted by Gasteiger charge is 2.25. The molecule has 1 unspecified atom stereocenters. The van der Waals surface area contributed by atoms with Gasteiger partial charge >= 0.3 is 0 Å². The molecule has 0 fully saturated rings. The summed E-state index contributed by atoms with van der Waals surface area (Å²) in [6.07, 6.45) is 0. The molecule has 0 rings (SSSR count). The Balaban J connectivity index is 3.71. The predicted octanol–water partition coefficient (Wildman–Crippen LogP) is 2.25. The summed E-state index contributed by atoms with van der Waals surface area (Å²) >= 11 is 9.55. The molecule has 0 aliphatic rings. The third kappa shape index (κ3) is 2.80. The van der Waals surface area contributed by atoms with Gasteiger partial charge in [0.1, 0.15) is 0 Å². The van der Waals surface area contributed by atoms with Gasteiger partial charge in [-0.2, -0.15) is 0 Å². The van der Waals surface area contributed by atoms with Crippen molar-refractivity contribution in [3.63, 3.8) is 0 Å².